The number of nitrogens with one attached hydrogen (secondary N) is 3. The summed E-state index contributed by atoms with van der Waals surface area (Å²) in [4.78, 5) is 26.1. The minimum Gasteiger partial charge on any atom is -0.494 e. The molecule has 0 aliphatic rings. The Balaban J connectivity index is 1.68. The molecule has 0 unspecified atom stereocenters. The molecule has 0 atom stereocenters. The number of methoxy groups -OCH3 is 1. The van der Waals surface area contributed by atoms with Gasteiger partial charge in [-0.1, -0.05) is 19.1 Å². The molecule has 3 aromatic heterocycles. The van der Waals surface area contributed by atoms with Crippen LogP contribution in [0.4, 0.5) is 23.0 Å². The minimum atomic E-state index is -0.193. The first-order valence-corrected chi connectivity index (χ1v) is 12.0. The number of ether oxygens (including phenoxy) is 1. The second kappa shape index (κ2) is 10.8. The molecular weight excluding hydrogens is 468 g/mol. The van der Waals surface area contributed by atoms with Gasteiger partial charge in [0.05, 0.1) is 29.6 Å². The number of anilines is 4. The van der Waals surface area contributed by atoms with Crippen LogP contribution in [0.2, 0.25) is 0 Å². The summed E-state index contributed by atoms with van der Waals surface area (Å²) in [6.45, 7) is 6.00. The minimum absolute atomic E-state index is 0.0279. The van der Waals surface area contributed by atoms with Gasteiger partial charge in [0.1, 0.15) is 18.0 Å². The van der Waals surface area contributed by atoms with E-state index in [1.54, 1.807) is 30.4 Å². The zero-order chi connectivity index (χ0) is 26.6. The quantitative estimate of drug-likeness (QED) is 0.263. The maximum atomic E-state index is 12.7. The van der Waals surface area contributed by atoms with E-state index in [-0.39, 0.29) is 11.3 Å². The summed E-state index contributed by atoms with van der Waals surface area (Å²) in [6, 6.07) is 11.4. The Morgan fingerprint density at radius 3 is 2.43 bits per heavy atom. The highest BCUT2D eigenvalue weighted by atomic mass is 16.5. The third-order valence-corrected chi connectivity index (χ3v) is 6.22. The number of aryl methyl sites for hydroxylation is 1. The van der Waals surface area contributed by atoms with E-state index in [2.05, 4.69) is 49.8 Å². The predicted molar refractivity (Wildman–Crippen MR) is 145 cm³/mol. The van der Waals surface area contributed by atoms with Gasteiger partial charge in [0.2, 0.25) is 0 Å². The third-order valence-electron chi connectivity index (χ3n) is 6.22. The molecule has 192 valence electrons. The summed E-state index contributed by atoms with van der Waals surface area (Å²) < 4.78 is 7.36. The van der Waals surface area contributed by atoms with E-state index in [1.165, 1.54) is 0 Å². The van der Waals surface area contributed by atoms with Crippen LogP contribution in [-0.2, 0) is 12.6 Å². The van der Waals surface area contributed by atoms with E-state index in [0.29, 0.717) is 46.6 Å². The average molecular weight is 501 g/mol. The summed E-state index contributed by atoms with van der Waals surface area (Å²) in [5, 5.41) is 14.3. The molecule has 4 rings (SSSR count). The van der Waals surface area contributed by atoms with Crippen LogP contribution in [0.1, 0.15) is 43.1 Å². The molecule has 0 saturated carbocycles. The molecule has 1 aromatic carbocycles. The molecule has 0 spiro atoms. The summed E-state index contributed by atoms with van der Waals surface area (Å²) >= 11 is 0. The predicted octanol–water partition coefficient (Wildman–Crippen LogP) is 4.82. The number of nitrogens with zero attached hydrogens (tertiary/aromatic N) is 5. The van der Waals surface area contributed by atoms with Gasteiger partial charge in [-0.2, -0.15) is 5.10 Å². The van der Waals surface area contributed by atoms with E-state index in [9.17, 15) is 4.79 Å². The molecule has 10 heteroatoms. The number of Topliss-reactive ketones (excluding diaryl/α,β-unsaturated/α-hetero) is 1. The molecule has 3 N–H and O–H groups in total. The van der Waals surface area contributed by atoms with Crippen molar-refractivity contribution in [1.82, 2.24) is 30.0 Å². The first-order valence-electron chi connectivity index (χ1n) is 12.0. The highest BCUT2D eigenvalue weighted by Gasteiger charge is 2.19. The maximum Gasteiger partial charge on any atom is 0.184 e. The van der Waals surface area contributed by atoms with Crippen molar-refractivity contribution in [3.05, 3.63) is 66.2 Å². The molecule has 10 nitrogen and oxygen atoms in total. The molecule has 0 aliphatic heterocycles. The first-order chi connectivity index (χ1) is 17.7. The lowest BCUT2D eigenvalue weighted by molar-refractivity contribution is 0.0988. The lowest BCUT2D eigenvalue weighted by atomic mass is 9.96. The number of carbonyl (C=O) groups excluding carboxylic acids is 1. The standard InChI is InChI=1S/C27H32N8O2/c1-7-22(36)19-15-30-24(33-23-12-11-17(14-29-23)27(2,3)28-4)13-21(19)32-20-10-8-9-18(25(20)37-6)26-31-16-35(5)34-26/h8-16,28H,7H2,1-6H3,(H2,29,30,32,33). The number of rotatable bonds is 10. The van der Waals surface area contributed by atoms with Gasteiger partial charge in [-0.15, -0.1) is 0 Å². The highest BCUT2D eigenvalue weighted by molar-refractivity contribution is 6.02. The van der Waals surface area contributed by atoms with E-state index in [4.69, 9.17) is 4.74 Å². The van der Waals surface area contributed by atoms with Crippen molar-refractivity contribution < 1.29 is 9.53 Å². The van der Waals surface area contributed by atoms with Gasteiger partial charge < -0.3 is 20.7 Å². The van der Waals surface area contributed by atoms with Crippen molar-refractivity contribution >= 4 is 28.8 Å². The number of benzene rings is 1. The van der Waals surface area contributed by atoms with Gasteiger partial charge in [0.25, 0.3) is 0 Å². The first kappa shape index (κ1) is 25.8. The van der Waals surface area contributed by atoms with Crippen LogP contribution in [0.3, 0.4) is 0 Å². The summed E-state index contributed by atoms with van der Waals surface area (Å²) in [7, 11) is 5.32. The van der Waals surface area contributed by atoms with Crippen molar-refractivity contribution in [3.8, 4) is 17.1 Å². The van der Waals surface area contributed by atoms with Gasteiger partial charge in [-0.3, -0.25) is 9.48 Å². The molecule has 0 bridgehead atoms. The molecule has 0 aliphatic carbocycles. The van der Waals surface area contributed by atoms with Crippen molar-refractivity contribution in [2.75, 3.05) is 24.8 Å². The number of pyridine rings is 2. The van der Waals surface area contributed by atoms with Crippen LogP contribution in [0, 0.1) is 0 Å². The van der Waals surface area contributed by atoms with Crippen molar-refractivity contribution in [2.45, 2.75) is 32.7 Å². The number of para-hydroxylation sites is 1. The fraction of sp³-hybridized carbons (Fsp3) is 0.296. The van der Waals surface area contributed by atoms with Crippen LogP contribution in [0.5, 0.6) is 5.75 Å². The van der Waals surface area contributed by atoms with Crippen molar-refractivity contribution in [2.24, 2.45) is 7.05 Å². The summed E-state index contributed by atoms with van der Waals surface area (Å²) in [5.41, 5.74) is 3.36. The Morgan fingerprint density at radius 2 is 1.81 bits per heavy atom. The van der Waals surface area contributed by atoms with E-state index >= 15 is 0 Å². The monoisotopic (exact) mass is 500 g/mol. The van der Waals surface area contributed by atoms with Crippen LogP contribution in [-0.4, -0.2) is 44.7 Å². The lowest BCUT2D eigenvalue weighted by Crippen LogP contribution is -2.33. The van der Waals surface area contributed by atoms with Crippen molar-refractivity contribution in [1.29, 1.82) is 0 Å². The zero-order valence-electron chi connectivity index (χ0n) is 22.0. The number of ketones is 1. The zero-order valence-corrected chi connectivity index (χ0v) is 22.0. The summed E-state index contributed by atoms with van der Waals surface area (Å²) in [6.07, 6.45) is 5.39. The normalized spacial score (nSPS) is 11.3. The van der Waals surface area contributed by atoms with Crippen LogP contribution in [0.25, 0.3) is 11.4 Å². The molecule has 4 aromatic rings. The molecule has 3 heterocycles. The molecule has 0 amide bonds. The smallest absolute Gasteiger partial charge is 0.184 e. The van der Waals surface area contributed by atoms with Gasteiger partial charge in [-0.05, 0) is 44.7 Å². The lowest BCUT2D eigenvalue weighted by Gasteiger charge is -2.24. The van der Waals surface area contributed by atoms with Gasteiger partial charge >= 0.3 is 0 Å². The Bertz CT molecular complexity index is 1400. The van der Waals surface area contributed by atoms with Crippen LogP contribution >= 0.6 is 0 Å². The number of hydrogen-bond donors (Lipinski definition) is 3. The highest BCUT2D eigenvalue weighted by Crippen LogP contribution is 2.37. The van der Waals surface area contributed by atoms with E-state index in [0.717, 1.165) is 11.1 Å². The Hall–Kier alpha value is -4.31. The van der Waals surface area contributed by atoms with E-state index < -0.39 is 0 Å². The topological polar surface area (TPSA) is 119 Å². The molecular formula is C27H32N8O2. The Labute approximate surface area is 216 Å². The molecule has 0 radical (unpaired) electrons. The fourth-order valence-electron chi connectivity index (χ4n) is 3.79. The average Bonchev–Trinajstić information content (AvgIpc) is 3.34. The molecule has 37 heavy (non-hydrogen) atoms. The fourth-order valence-corrected chi connectivity index (χ4v) is 3.79. The van der Waals surface area contributed by atoms with Gasteiger partial charge in [0.15, 0.2) is 17.4 Å². The third kappa shape index (κ3) is 5.59. The SMILES string of the molecule is CCC(=O)c1cnc(Nc2ccc(C(C)(C)NC)cn2)cc1Nc1cccc(-c2ncn(C)n2)c1OC. The Kier molecular flexibility index (Phi) is 7.49. The maximum absolute atomic E-state index is 12.7. The second-order valence-corrected chi connectivity index (χ2v) is 9.08. The van der Waals surface area contributed by atoms with Crippen LogP contribution in [0.15, 0.2) is 55.1 Å². The largest absolute Gasteiger partial charge is 0.494 e. The second-order valence-electron chi connectivity index (χ2n) is 9.08. The van der Waals surface area contributed by atoms with Gasteiger partial charge in [-0.25, -0.2) is 15.0 Å². The Morgan fingerprint density at radius 1 is 1.03 bits per heavy atom. The van der Waals surface area contributed by atoms with E-state index in [1.807, 2.05) is 57.5 Å². The van der Waals surface area contributed by atoms with Crippen LogP contribution < -0.4 is 20.7 Å². The van der Waals surface area contributed by atoms with Crippen molar-refractivity contribution in [3.63, 3.8) is 0 Å². The number of aromatic nitrogens is 5. The summed E-state index contributed by atoms with van der Waals surface area (Å²) in [5.74, 6) is 2.27. The van der Waals surface area contributed by atoms with Gasteiger partial charge in [0, 0.05) is 37.5 Å². The molecule has 0 saturated heterocycles. The number of carbonyl (C=O) groups is 1. The number of hydrogen-bond acceptors (Lipinski definition) is 9. The molecule has 0 fully saturated rings.